The summed E-state index contributed by atoms with van der Waals surface area (Å²) in [5.41, 5.74) is 0. The van der Waals surface area contributed by atoms with E-state index in [1.807, 2.05) is 0 Å². The fourth-order valence-electron chi connectivity index (χ4n) is 2.16. The van der Waals surface area contributed by atoms with Gasteiger partial charge in [0.15, 0.2) is 0 Å². The highest BCUT2D eigenvalue weighted by Crippen LogP contribution is 1.89. The Morgan fingerprint density at radius 2 is 0.688 bits per heavy atom. The van der Waals surface area contributed by atoms with Crippen LogP contribution in [-0.4, -0.2) is 96.9 Å². The molecule has 0 fully saturated rings. The van der Waals surface area contributed by atoms with Crippen LogP contribution >= 0.6 is 0 Å². The predicted octanol–water partition coefficient (Wildman–Crippen LogP) is -1.14. The lowest BCUT2D eigenvalue weighted by Gasteiger charge is -2.36. The molecule has 0 rings (SSSR count). The number of nitrogens with zero attached hydrogens (tertiary/aromatic N) is 3. The molecule has 0 radical (unpaired) electrons. The number of hydrogen-bond donors (Lipinski definition) is 1. The average molecular weight is 234 g/mol. The summed E-state index contributed by atoms with van der Waals surface area (Å²) in [4.78, 5) is 1.66. The van der Waals surface area contributed by atoms with Crippen LogP contribution in [0.15, 0.2) is 0 Å². The van der Waals surface area contributed by atoms with Gasteiger partial charge in [-0.2, -0.15) is 4.90 Å². The molecule has 0 aromatic rings. The molecule has 0 saturated carbocycles. The van der Waals surface area contributed by atoms with Crippen molar-refractivity contribution in [3.8, 4) is 0 Å². The molecule has 4 heteroatoms. The zero-order valence-corrected chi connectivity index (χ0v) is 13.0. The standard InChI is InChI=1S/C12H33N4/c1-14(2,3)10-13(11-15(4,5)6)12-16(7,8)9/h10-12H2,1-9H3/q+3/p+1. The monoisotopic (exact) mass is 234 g/mol. The van der Waals surface area contributed by atoms with E-state index in [4.69, 9.17) is 0 Å². The van der Waals surface area contributed by atoms with Crippen LogP contribution in [-0.2, 0) is 0 Å². The van der Waals surface area contributed by atoms with Crippen molar-refractivity contribution in [3.63, 3.8) is 0 Å². The summed E-state index contributed by atoms with van der Waals surface area (Å²) in [6.45, 7) is 3.51. The van der Waals surface area contributed by atoms with Gasteiger partial charge in [-0.25, -0.2) is 0 Å². The second kappa shape index (κ2) is 5.00. The van der Waals surface area contributed by atoms with E-state index in [0.29, 0.717) is 0 Å². The molecule has 0 heterocycles. The van der Waals surface area contributed by atoms with Crippen LogP contribution in [0.3, 0.4) is 0 Å². The molecule has 0 atom stereocenters. The van der Waals surface area contributed by atoms with Crippen LogP contribution in [0.1, 0.15) is 0 Å². The summed E-state index contributed by atoms with van der Waals surface area (Å²) in [6.07, 6.45) is 0. The quantitative estimate of drug-likeness (QED) is 0.438. The van der Waals surface area contributed by atoms with Crippen molar-refractivity contribution in [1.82, 2.24) is 0 Å². The van der Waals surface area contributed by atoms with Crippen molar-refractivity contribution in [2.75, 3.05) is 83.4 Å². The summed E-state index contributed by atoms with van der Waals surface area (Å²) in [7, 11) is 20.4. The Morgan fingerprint density at radius 1 is 0.500 bits per heavy atom. The zero-order chi connectivity index (χ0) is 13.2. The lowest BCUT2D eigenvalue weighted by Crippen LogP contribution is -3.18. The highest BCUT2D eigenvalue weighted by atomic mass is 15.5. The minimum atomic E-state index is 1.02. The number of quaternary nitrogens is 4. The maximum atomic E-state index is 2.27. The summed E-state index contributed by atoms with van der Waals surface area (Å²) in [6, 6.07) is 0. The van der Waals surface area contributed by atoms with E-state index >= 15 is 0 Å². The first kappa shape index (κ1) is 15.8. The van der Waals surface area contributed by atoms with Gasteiger partial charge in [-0.3, -0.25) is 13.4 Å². The Labute approximate surface area is 102 Å². The van der Waals surface area contributed by atoms with E-state index in [1.165, 1.54) is 20.0 Å². The minimum Gasteiger partial charge on any atom is -0.284 e. The van der Waals surface area contributed by atoms with E-state index in [0.717, 1.165) is 13.4 Å². The van der Waals surface area contributed by atoms with Crippen molar-refractivity contribution in [2.45, 2.75) is 0 Å². The Balaban J connectivity index is 4.53. The van der Waals surface area contributed by atoms with E-state index < -0.39 is 0 Å². The Kier molecular flexibility index (Phi) is 4.95. The van der Waals surface area contributed by atoms with Crippen LogP contribution in [0.25, 0.3) is 0 Å². The number of hydrogen-bond acceptors (Lipinski definition) is 0. The van der Waals surface area contributed by atoms with Crippen LogP contribution in [0, 0.1) is 0 Å². The third-order valence-corrected chi connectivity index (χ3v) is 2.09. The first-order chi connectivity index (χ1) is 6.79. The van der Waals surface area contributed by atoms with E-state index in [-0.39, 0.29) is 0 Å². The fraction of sp³-hybridized carbons (Fsp3) is 1.00. The topological polar surface area (TPSA) is 4.44 Å². The summed E-state index contributed by atoms with van der Waals surface area (Å²) < 4.78 is 3.07. The predicted molar refractivity (Wildman–Crippen MR) is 69.7 cm³/mol. The molecule has 0 bridgehead atoms. The molecule has 4 nitrogen and oxygen atoms in total. The van der Waals surface area contributed by atoms with Gasteiger partial charge in [-0.05, 0) is 0 Å². The molecular formula is C12H34N4+4. The molecule has 1 N–H and O–H groups in total. The summed E-state index contributed by atoms with van der Waals surface area (Å²) in [5, 5.41) is 0. The normalized spacial score (nSPS) is 14.6. The molecule has 0 amide bonds. The number of rotatable bonds is 6. The van der Waals surface area contributed by atoms with Gasteiger partial charge in [-0.1, -0.05) is 0 Å². The SMILES string of the molecule is C[N+](C)(C)C[NH+](C[N+](C)(C)C)C[N+](C)(C)C. The molecular weight excluding hydrogens is 200 g/mol. The lowest BCUT2D eigenvalue weighted by molar-refractivity contribution is -1.19. The van der Waals surface area contributed by atoms with Crippen LogP contribution in [0.4, 0.5) is 0 Å². The zero-order valence-electron chi connectivity index (χ0n) is 13.0. The Hall–Kier alpha value is -0.160. The van der Waals surface area contributed by atoms with Crippen molar-refractivity contribution >= 4 is 0 Å². The molecule has 0 aromatic carbocycles. The molecule has 0 aliphatic heterocycles. The lowest BCUT2D eigenvalue weighted by atomic mass is 10.5. The van der Waals surface area contributed by atoms with Crippen LogP contribution in [0.2, 0.25) is 0 Å². The Morgan fingerprint density at radius 3 is 0.812 bits per heavy atom. The van der Waals surface area contributed by atoms with E-state index in [1.54, 1.807) is 4.90 Å². The molecule has 98 valence electrons. The maximum Gasteiger partial charge on any atom is 0.214 e. The van der Waals surface area contributed by atoms with Crippen LogP contribution in [0.5, 0.6) is 0 Å². The molecule has 16 heavy (non-hydrogen) atoms. The maximum absolute atomic E-state index is 2.27. The van der Waals surface area contributed by atoms with E-state index in [2.05, 4.69) is 63.4 Å². The molecule has 0 unspecified atom stereocenters. The molecule has 0 saturated heterocycles. The molecule has 0 aliphatic carbocycles. The molecule has 0 spiro atoms. The van der Waals surface area contributed by atoms with Gasteiger partial charge in [0.25, 0.3) is 0 Å². The van der Waals surface area contributed by atoms with E-state index in [9.17, 15) is 0 Å². The third-order valence-electron chi connectivity index (χ3n) is 2.09. The van der Waals surface area contributed by atoms with Crippen molar-refractivity contribution in [1.29, 1.82) is 0 Å². The van der Waals surface area contributed by atoms with Gasteiger partial charge in [0.1, 0.15) is 0 Å². The average Bonchev–Trinajstić information content (AvgIpc) is 1.70. The van der Waals surface area contributed by atoms with Gasteiger partial charge < -0.3 is 0 Å². The second-order valence-electron chi connectivity index (χ2n) is 8.10. The van der Waals surface area contributed by atoms with Crippen molar-refractivity contribution < 1.29 is 18.3 Å². The second-order valence-corrected chi connectivity index (χ2v) is 8.10. The number of nitrogens with one attached hydrogen (secondary N) is 1. The van der Waals surface area contributed by atoms with Gasteiger partial charge in [0, 0.05) is 0 Å². The van der Waals surface area contributed by atoms with Gasteiger partial charge >= 0.3 is 0 Å². The van der Waals surface area contributed by atoms with Gasteiger partial charge in [0.2, 0.25) is 20.0 Å². The summed E-state index contributed by atoms with van der Waals surface area (Å²) >= 11 is 0. The third kappa shape index (κ3) is 10.4. The fourth-order valence-corrected chi connectivity index (χ4v) is 2.16. The smallest absolute Gasteiger partial charge is 0.214 e. The van der Waals surface area contributed by atoms with Crippen LogP contribution < -0.4 is 4.90 Å². The largest absolute Gasteiger partial charge is 0.284 e. The van der Waals surface area contributed by atoms with Gasteiger partial charge in [-0.15, -0.1) is 0 Å². The minimum absolute atomic E-state index is 1.02. The highest BCUT2D eigenvalue weighted by molar-refractivity contribution is 4.11. The summed E-state index contributed by atoms with van der Waals surface area (Å²) in [5.74, 6) is 0. The molecule has 0 aliphatic rings. The Bertz CT molecular complexity index is 166. The first-order valence-corrected chi connectivity index (χ1v) is 6.03. The van der Waals surface area contributed by atoms with Gasteiger partial charge in [0.05, 0.1) is 63.4 Å². The van der Waals surface area contributed by atoms with Crippen molar-refractivity contribution in [3.05, 3.63) is 0 Å². The first-order valence-electron chi connectivity index (χ1n) is 6.03. The highest BCUT2D eigenvalue weighted by Gasteiger charge is 2.28. The van der Waals surface area contributed by atoms with Crippen molar-refractivity contribution in [2.24, 2.45) is 0 Å². The molecule has 0 aromatic heterocycles.